The summed E-state index contributed by atoms with van der Waals surface area (Å²) >= 11 is 0. The Kier molecular flexibility index (Phi) is 5.97. The molecule has 0 saturated carbocycles. The number of benzene rings is 1. The number of hydrogen-bond acceptors (Lipinski definition) is 2. The number of carbonyl (C=O) groups excluding carboxylic acids is 1. The van der Waals surface area contributed by atoms with E-state index in [1.54, 1.807) is 0 Å². The van der Waals surface area contributed by atoms with Gasteiger partial charge in [0.15, 0.2) is 0 Å². The normalized spacial score (nSPS) is 13.3. The van der Waals surface area contributed by atoms with Crippen molar-refractivity contribution >= 4 is 11.6 Å². The topological polar surface area (TPSA) is 55.1 Å². The fourth-order valence-electron chi connectivity index (χ4n) is 2.59. The number of nitrogens with two attached hydrogens (primary N) is 1. The Morgan fingerprint density at radius 1 is 1.29 bits per heavy atom. The third-order valence-corrected chi connectivity index (χ3v) is 3.69. The van der Waals surface area contributed by atoms with Gasteiger partial charge >= 0.3 is 0 Å². The van der Waals surface area contributed by atoms with E-state index in [1.165, 1.54) is 5.56 Å². The molecule has 0 saturated heterocycles. The number of para-hydroxylation sites is 1. The lowest BCUT2D eigenvalue weighted by Gasteiger charge is -2.25. The first-order valence-electron chi connectivity index (χ1n) is 7.76. The predicted molar refractivity (Wildman–Crippen MR) is 90.5 cm³/mol. The molecule has 0 heterocycles. The van der Waals surface area contributed by atoms with Crippen molar-refractivity contribution in [3.05, 3.63) is 29.3 Å². The van der Waals surface area contributed by atoms with Gasteiger partial charge < -0.3 is 11.1 Å². The van der Waals surface area contributed by atoms with Crippen molar-refractivity contribution in [3.63, 3.8) is 0 Å². The molecule has 3 N–H and O–H groups in total. The summed E-state index contributed by atoms with van der Waals surface area (Å²) in [4.78, 5) is 12.6. The number of aryl methyl sites for hydroxylation is 1. The highest BCUT2D eigenvalue weighted by Crippen LogP contribution is 2.29. The van der Waals surface area contributed by atoms with Crippen molar-refractivity contribution in [2.45, 2.75) is 53.9 Å². The smallest absolute Gasteiger partial charge is 0.228 e. The molecule has 0 aromatic heterocycles. The van der Waals surface area contributed by atoms with Gasteiger partial charge in [-0.25, -0.2) is 0 Å². The molecule has 1 aromatic rings. The van der Waals surface area contributed by atoms with Crippen molar-refractivity contribution in [2.75, 3.05) is 11.9 Å². The first-order valence-corrected chi connectivity index (χ1v) is 7.76. The highest BCUT2D eigenvalue weighted by Gasteiger charge is 2.24. The van der Waals surface area contributed by atoms with Crippen LogP contribution >= 0.6 is 0 Å². The maximum Gasteiger partial charge on any atom is 0.228 e. The average molecular weight is 290 g/mol. The summed E-state index contributed by atoms with van der Waals surface area (Å²) < 4.78 is 0. The molecule has 3 heteroatoms. The molecule has 1 unspecified atom stereocenters. The van der Waals surface area contributed by atoms with Crippen molar-refractivity contribution in [1.29, 1.82) is 0 Å². The molecule has 1 rings (SSSR count). The summed E-state index contributed by atoms with van der Waals surface area (Å²) in [5, 5.41) is 3.11. The Morgan fingerprint density at radius 3 is 2.38 bits per heavy atom. The SMILES string of the molecule is Cc1cccc(C(C)C)c1NC(=O)C(CN)CC(C)(C)C. The van der Waals surface area contributed by atoms with E-state index in [2.05, 4.69) is 46.0 Å². The maximum atomic E-state index is 12.6. The van der Waals surface area contributed by atoms with Crippen LogP contribution < -0.4 is 11.1 Å². The van der Waals surface area contributed by atoms with Gasteiger partial charge in [-0.05, 0) is 35.8 Å². The van der Waals surface area contributed by atoms with Crippen LogP contribution in [0.2, 0.25) is 0 Å². The van der Waals surface area contributed by atoms with Gasteiger partial charge in [0.1, 0.15) is 0 Å². The highest BCUT2D eigenvalue weighted by atomic mass is 16.1. The molecule has 3 nitrogen and oxygen atoms in total. The minimum Gasteiger partial charge on any atom is -0.330 e. The fraction of sp³-hybridized carbons (Fsp3) is 0.611. The van der Waals surface area contributed by atoms with Crippen LogP contribution in [0.5, 0.6) is 0 Å². The van der Waals surface area contributed by atoms with E-state index in [9.17, 15) is 4.79 Å². The lowest BCUT2D eigenvalue weighted by atomic mass is 9.84. The molecular formula is C18H30N2O. The fourth-order valence-corrected chi connectivity index (χ4v) is 2.59. The van der Waals surface area contributed by atoms with E-state index in [0.29, 0.717) is 12.5 Å². The summed E-state index contributed by atoms with van der Waals surface area (Å²) in [6, 6.07) is 6.15. The lowest BCUT2D eigenvalue weighted by molar-refractivity contribution is -0.120. The molecule has 0 radical (unpaired) electrons. The first kappa shape index (κ1) is 17.7. The van der Waals surface area contributed by atoms with Gasteiger partial charge in [-0.3, -0.25) is 4.79 Å². The Bertz CT molecular complexity index is 486. The van der Waals surface area contributed by atoms with Crippen LogP contribution in [0.15, 0.2) is 18.2 Å². The summed E-state index contributed by atoms with van der Waals surface area (Å²) in [6.07, 6.45) is 0.790. The molecule has 0 bridgehead atoms. The molecule has 0 fully saturated rings. The van der Waals surface area contributed by atoms with Crippen molar-refractivity contribution < 1.29 is 4.79 Å². The molecule has 0 spiro atoms. The monoisotopic (exact) mass is 290 g/mol. The summed E-state index contributed by atoms with van der Waals surface area (Å²) in [7, 11) is 0. The zero-order valence-electron chi connectivity index (χ0n) is 14.3. The van der Waals surface area contributed by atoms with Crippen LogP contribution in [0.1, 0.15) is 58.1 Å². The van der Waals surface area contributed by atoms with E-state index in [0.717, 1.165) is 17.7 Å². The van der Waals surface area contributed by atoms with Gasteiger partial charge in [0.05, 0.1) is 5.92 Å². The molecule has 0 aliphatic rings. The third-order valence-electron chi connectivity index (χ3n) is 3.69. The first-order chi connectivity index (χ1) is 9.65. The number of amides is 1. The lowest BCUT2D eigenvalue weighted by Crippen LogP contribution is -2.33. The van der Waals surface area contributed by atoms with Crippen LogP contribution in [-0.4, -0.2) is 12.5 Å². The molecule has 118 valence electrons. The molecular weight excluding hydrogens is 260 g/mol. The van der Waals surface area contributed by atoms with Crippen molar-refractivity contribution in [2.24, 2.45) is 17.1 Å². The van der Waals surface area contributed by atoms with Crippen LogP contribution in [0, 0.1) is 18.3 Å². The third kappa shape index (κ3) is 5.16. The molecule has 21 heavy (non-hydrogen) atoms. The second-order valence-electron chi connectivity index (χ2n) is 7.38. The Hall–Kier alpha value is -1.35. The number of anilines is 1. The van der Waals surface area contributed by atoms with Gasteiger partial charge in [-0.1, -0.05) is 52.8 Å². The number of nitrogens with one attached hydrogen (secondary N) is 1. The molecule has 1 aromatic carbocycles. The van der Waals surface area contributed by atoms with Crippen LogP contribution in [0.3, 0.4) is 0 Å². The minimum absolute atomic E-state index is 0.0311. The maximum absolute atomic E-state index is 12.6. The molecule has 0 aliphatic heterocycles. The minimum atomic E-state index is -0.149. The highest BCUT2D eigenvalue weighted by molar-refractivity contribution is 5.94. The van der Waals surface area contributed by atoms with Gasteiger partial charge in [0.25, 0.3) is 0 Å². The Labute approximate surface area is 129 Å². The Morgan fingerprint density at radius 2 is 1.90 bits per heavy atom. The summed E-state index contributed by atoms with van der Waals surface area (Å²) in [5.74, 6) is 0.257. The average Bonchev–Trinajstić information content (AvgIpc) is 2.36. The van der Waals surface area contributed by atoms with Crippen LogP contribution in [0.25, 0.3) is 0 Å². The van der Waals surface area contributed by atoms with E-state index < -0.39 is 0 Å². The van der Waals surface area contributed by atoms with Gasteiger partial charge in [-0.2, -0.15) is 0 Å². The number of rotatable bonds is 5. The zero-order chi connectivity index (χ0) is 16.2. The van der Waals surface area contributed by atoms with Crippen LogP contribution in [0.4, 0.5) is 5.69 Å². The molecule has 1 atom stereocenters. The van der Waals surface area contributed by atoms with E-state index in [4.69, 9.17) is 5.73 Å². The summed E-state index contributed by atoms with van der Waals surface area (Å²) in [6.45, 7) is 13.1. The van der Waals surface area contributed by atoms with E-state index in [1.807, 2.05) is 19.1 Å². The second-order valence-corrected chi connectivity index (χ2v) is 7.38. The van der Waals surface area contributed by atoms with Gasteiger partial charge in [0, 0.05) is 12.2 Å². The van der Waals surface area contributed by atoms with Crippen LogP contribution in [-0.2, 0) is 4.79 Å². The standard InChI is InChI=1S/C18H30N2O/c1-12(2)15-9-7-8-13(3)16(15)20-17(21)14(11-19)10-18(4,5)6/h7-9,12,14H,10-11,19H2,1-6H3,(H,20,21). The van der Waals surface area contributed by atoms with Crippen molar-refractivity contribution in [3.8, 4) is 0 Å². The Balaban J connectivity index is 2.97. The zero-order valence-corrected chi connectivity index (χ0v) is 14.3. The summed E-state index contributed by atoms with van der Waals surface area (Å²) in [5.41, 5.74) is 9.12. The van der Waals surface area contributed by atoms with Gasteiger partial charge in [0.2, 0.25) is 5.91 Å². The number of carbonyl (C=O) groups is 1. The van der Waals surface area contributed by atoms with Gasteiger partial charge in [-0.15, -0.1) is 0 Å². The quantitative estimate of drug-likeness (QED) is 0.859. The van der Waals surface area contributed by atoms with Crippen molar-refractivity contribution in [1.82, 2.24) is 0 Å². The second kappa shape index (κ2) is 7.08. The largest absolute Gasteiger partial charge is 0.330 e. The molecule has 0 aliphatic carbocycles. The van der Waals surface area contributed by atoms with E-state index >= 15 is 0 Å². The molecule has 1 amide bonds. The van der Waals surface area contributed by atoms with E-state index in [-0.39, 0.29) is 17.2 Å². The number of hydrogen-bond donors (Lipinski definition) is 2. The predicted octanol–water partition coefficient (Wildman–Crippen LogP) is 4.07.